The number of furan rings is 1. The molecule has 0 bridgehead atoms. The molecule has 86 valence electrons. The number of hydrogen-bond donors (Lipinski definition) is 1. The average molecular weight is 221 g/mol. The highest BCUT2D eigenvalue weighted by Crippen LogP contribution is 2.32. The van der Waals surface area contributed by atoms with Crippen LogP contribution in [0, 0.1) is 0 Å². The van der Waals surface area contributed by atoms with Crippen LogP contribution in [0.2, 0.25) is 0 Å². The van der Waals surface area contributed by atoms with Gasteiger partial charge < -0.3 is 19.6 Å². The Labute approximate surface area is 93.9 Å². The van der Waals surface area contributed by atoms with Crippen molar-refractivity contribution in [3.05, 3.63) is 30.0 Å². The van der Waals surface area contributed by atoms with Crippen LogP contribution >= 0.6 is 0 Å². The second kappa shape index (κ2) is 5.01. The van der Waals surface area contributed by atoms with Crippen molar-refractivity contribution in [2.45, 2.75) is 13.5 Å². The summed E-state index contributed by atoms with van der Waals surface area (Å²) in [6, 6.07) is 7.69. The van der Waals surface area contributed by atoms with Gasteiger partial charge in [-0.05, 0) is 19.1 Å². The van der Waals surface area contributed by atoms with Crippen molar-refractivity contribution in [2.75, 3.05) is 13.4 Å². The minimum absolute atomic E-state index is 0.215. The number of benzene rings is 1. The van der Waals surface area contributed by atoms with E-state index in [0.717, 1.165) is 11.0 Å². The van der Waals surface area contributed by atoms with E-state index < -0.39 is 0 Å². The Hall–Kier alpha value is -1.52. The largest absolute Gasteiger partial charge is 0.463 e. The van der Waals surface area contributed by atoms with Gasteiger partial charge in [-0.15, -0.1) is 0 Å². The van der Waals surface area contributed by atoms with Crippen molar-refractivity contribution >= 4 is 11.0 Å². The van der Waals surface area contributed by atoms with Crippen LogP contribution in [0.3, 0.4) is 0 Å². The lowest BCUT2D eigenvalue weighted by Gasteiger charge is -2.05. The zero-order chi connectivity index (χ0) is 11.4. The molecule has 2 N–H and O–H groups in total. The topological polar surface area (TPSA) is 57.6 Å². The molecule has 0 atom stereocenters. The molecule has 0 fully saturated rings. The van der Waals surface area contributed by atoms with Gasteiger partial charge in [0.15, 0.2) is 18.3 Å². The van der Waals surface area contributed by atoms with E-state index in [2.05, 4.69) is 0 Å². The molecule has 1 aromatic carbocycles. The molecule has 0 unspecified atom stereocenters. The lowest BCUT2D eigenvalue weighted by atomic mass is 10.2. The van der Waals surface area contributed by atoms with Crippen molar-refractivity contribution in [2.24, 2.45) is 5.73 Å². The van der Waals surface area contributed by atoms with Crippen molar-refractivity contribution in [3.63, 3.8) is 0 Å². The highest BCUT2D eigenvalue weighted by atomic mass is 16.7. The minimum atomic E-state index is 0.215. The van der Waals surface area contributed by atoms with Crippen molar-refractivity contribution in [3.8, 4) is 5.75 Å². The van der Waals surface area contributed by atoms with Crippen LogP contribution in [0.25, 0.3) is 11.0 Å². The van der Waals surface area contributed by atoms with E-state index in [4.69, 9.17) is 19.6 Å². The van der Waals surface area contributed by atoms with Gasteiger partial charge >= 0.3 is 0 Å². The molecule has 0 saturated carbocycles. The predicted octanol–water partition coefficient (Wildman–Crippen LogP) is 2.26. The Morgan fingerprint density at radius 2 is 2.12 bits per heavy atom. The number of hydrogen-bond acceptors (Lipinski definition) is 4. The molecular formula is C12H15NO3. The second-order valence-corrected chi connectivity index (χ2v) is 3.31. The number of ether oxygens (including phenoxy) is 2. The van der Waals surface area contributed by atoms with Gasteiger partial charge in [0.05, 0.1) is 11.9 Å². The van der Waals surface area contributed by atoms with Gasteiger partial charge in [-0.2, -0.15) is 0 Å². The summed E-state index contributed by atoms with van der Waals surface area (Å²) >= 11 is 0. The van der Waals surface area contributed by atoms with E-state index in [1.807, 2.05) is 31.2 Å². The quantitative estimate of drug-likeness (QED) is 0.621. The SMILES string of the molecule is CCOCOc1c(CN)oc2ccccc12. The van der Waals surface area contributed by atoms with Gasteiger partial charge in [0.25, 0.3) is 0 Å². The smallest absolute Gasteiger partial charge is 0.189 e. The summed E-state index contributed by atoms with van der Waals surface area (Å²) in [6.07, 6.45) is 0. The Morgan fingerprint density at radius 1 is 1.31 bits per heavy atom. The fourth-order valence-corrected chi connectivity index (χ4v) is 1.55. The standard InChI is InChI=1S/C12H15NO3/c1-2-14-8-15-12-9-5-3-4-6-10(9)16-11(12)7-13/h3-6H,2,7-8,13H2,1H3. The maximum absolute atomic E-state index is 5.60. The molecule has 1 aromatic heterocycles. The highest BCUT2D eigenvalue weighted by molar-refractivity contribution is 5.85. The summed E-state index contributed by atoms with van der Waals surface area (Å²) in [6.45, 7) is 3.07. The lowest BCUT2D eigenvalue weighted by molar-refractivity contribution is 0.0220. The number of nitrogens with two attached hydrogens (primary N) is 1. The van der Waals surface area contributed by atoms with Gasteiger partial charge in [-0.25, -0.2) is 0 Å². The lowest BCUT2D eigenvalue weighted by Crippen LogP contribution is -2.04. The van der Waals surface area contributed by atoms with Crippen molar-refractivity contribution < 1.29 is 13.9 Å². The molecule has 0 aliphatic heterocycles. The van der Waals surface area contributed by atoms with E-state index >= 15 is 0 Å². The molecule has 0 radical (unpaired) electrons. The van der Waals surface area contributed by atoms with Gasteiger partial charge in [0.1, 0.15) is 5.58 Å². The van der Waals surface area contributed by atoms with Gasteiger partial charge in [-0.1, -0.05) is 12.1 Å². The zero-order valence-corrected chi connectivity index (χ0v) is 9.23. The molecule has 0 saturated heterocycles. The van der Waals surface area contributed by atoms with Gasteiger partial charge in [-0.3, -0.25) is 0 Å². The first-order chi connectivity index (χ1) is 7.86. The molecule has 0 aliphatic carbocycles. The number of fused-ring (bicyclic) bond motifs is 1. The fraction of sp³-hybridized carbons (Fsp3) is 0.333. The number of rotatable bonds is 5. The molecule has 2 rings (SSSR count). The maximum Gasteiger partial charge on any atom is 0.189 e. The van der Waals surface area contributed by atoms with E-state index in [-0.39, 0.29) is 6.79 Å². The molecule has 0 aliphatic rings. The normalized spacial score (nSPS) is 10.9. The molecule has 4 heteroatoms. The molecule has 0 amide bonds. The third-order valence-electron chi connectivity index (χ3n) is 2.29. The van der Waals surface area contributed by atoms with E-state index in [0.29, 0.717) is 24.7 Å². The van der Waals surface area contributed by atoms with Crippen LogP contribution in [0.4, 0.5) is 0 Å². The average Bonchev–Trinajstić information content (AvgIpc) is 2.68. The predicted molar refractivity (Wildman–Crippen MR) is 61.2 cm³/mol. The zero-order valence-electron chi connectivity index (χ0n) is 9.23. The van der Waals surface area contributed by atoms with E-state index in [9.17, 15) is 0 Å². The van der Waals surface area contributed by atoms with Crippen LogP contribution in [-0.2, 0) is 11.3 Å². The highest BCUT2D eigenvalue weighted by Gasteiger charge is 2.13. The first-order valence-electron chi connectivity index (χ1n) is 5.27. The molecule has 16 heavy (non-hydrogen) atoms. The van der Waals surface area contributed by atoms with E-state index in [1.165, 1.54) is 0 Å². The van der Waals surface area contributed by atoms with Crippen molar-refractivity contribution in [1.82, 2.24) is 0 Å². The Morgan fingerprint density at radius 3 is 2.88 bits per heavy atom. The monoisotopic (exact) mass is 221 g/mol. The first kappa shape index (κ1) is 11.0. The third kappa shape index (κ3) is 2.03. The van der Waals surface area contributed by atoms with Crippen LogP contribution < -0.4 is 10.5 Å². The molecular weight excluding hydrogens is 206 g/mol. The maximum atomic E-state index is 5.60. The van der Waals surface area contributed by atoms with Crippen LogP contribution in [0.5, 0.6) is 5.75 Å². The Bertz CT molecular complexity index is 464. The number of para-hydroxylation sites is 1. The summed E-state index contributed by atoms with van der Waals surface area (Å²) in [7, 11) is 0. The molecule has 0 spiro atoms. The summed E-state index contributed by atoms with van der Waals surface area (Å²) in [4.78, 5) is 0. The molecule has 4 nitrogen and oxygen atoms in total. The summed E-state index contributed by atoms with van der Waals surface area (Å²) < 4.78 is 16.2. The fourth-order valence-electron chi connectivity index (χ4n) is 1.55. The first-order valence-corrected chi connectivity index (χ1v) is 5.27. The summed E-state index contributed by atoms with van der Waals surface area (Å²) in [5.41, 5.74) is 6.39. The van der Waals surface area contributed by atoms with Crippen molar-refractivity contribution in [1.29, 1.82) is 0 Å². The minimum Gasteiger partial charge on any atom is -0.463 e. The summed E-state index contributed by atoms with van der Waals surface area (Å²) in [5.74, 6) is 1.34. The van der Waals surface area contributed by atoms with Gasteiger partial charge in [0, 0.05) is 6.61 Å². The second-order valence-electron chi connectivity index (χ2n) is 3.31. The molecule has 2 aromatic rings. The van der Waals surface area contributed by atoms with Crippen LogP contribution in [0.15, 0.2) is 28.7 Å². The third-order valence-corrected chi connectivity index (χ3v) is 2.29. The van der Waals surface area contributed by atoms with Gasteiger partial charge in [0.2, 0.25) is 0 Å². The summed E-state index contributed by atoms with van der Waals surface area (Å²) in [5, 5.41) is 0.933. The van der Waals surface area contributed by atoms with Crippen LogP contribution in [-0.4, -0.2) is 13.4 Å². The van der Waals surface area contributed by atoms with E-state index in [1.54, 1.807) is 0 Å². The molecule has 1 heterocycles. The van der Waals surface area contributed by atoms with Crippen LogP contribution in [0.1, 0.15) is 12.7 Å². The Kier molecular flexibility index (Phi) is 3.44. The Balaban J connectivity index is 2.32.